The van der Waals surface area contributed by atoms with Crippen molar-refractivity contribution in [1.29, 1.82) is 0 Å². The summed E-state index contributed by atoms with van der Waals surface area (Å²) >= 11 is 6.11. The Bertz CT molecular complexity index is 891. The number of nitrogens with one attached hydrogen (secondary N) is 1. The number of amides is 1. The number of halogens is 3. The van der Waals surface area contributed by atoms with Gasteiger partial charge in [-0.15, -0.1) is 0 Å². The molecule has 0 saturated carbocycles. The maximum Gasteiger partial charge on any atom is 0.339 e. The van der Waals surface area contributed by atoms with Crippen LogP contribution in [0.5, 0.6) is 11.5 Å². The molecule has 2 rings (SSSR count). The molecule has 0 aromatic heterocycles. The van der Waals surface area contributed by atoms with E-state index >= 15 is 0 Å². The molecule has 1 atom stereocenters. The molecule has 0 fully saturated rings. The molecule has 28 heavy (non-hydrogen) atoms. The Hall–Kier alpha value is -2.87. The molecule has 6 nitrogen and oxygen atoms in total. The lowest BCUT2D eigenvalue weighted by Crippen LogP contribution is -2.30. The van der Waals surface area contributed by atoms with Crippen LogP contribution in [0.2, 0.25) is 5.02 Å². The van der Waals surface area contributed by atoms with Crippen LogP contribution in [0.3, 0.4) is 0 Å². The van der Waals surface area contributed by atoms with Gasteiger partial charge >= 0.3 is 5.97 Å². The molecule has 150 valence electrons. The van der Waals surface area contributed by atoms with Gasteiger partial charge in [-0.2, -0.15) is 0 Å². The maximum absolute atomic E-state index is 13.6. The van der Waals surface area contributed by atoms with E-state index in [4.69, 9.17) is 25.8 Å². The Morgan fingerprint density at radius 1 is 1.21 bits per heavy atom. The van der Waals surface area contributed by atoms with Crippen LogP contribution in [-0.4, -0.2) is 31.7 Å². The molecule has 0 unspecified atom stereocenters. The third-order valence-corrected chi connectivity index (χ3v) is 3.87. The second-order valence-corrected chi connectivity index (χ2v) is 5.99. The number of methoxy groups -OCH3 is 1. The summed E-state index contributed by atoms with van der Waals surface area (Å²) in [5.74, 6) is -2.74. The van der Waals surface area contributed by atoms with E-state index in [1.807, 2.05) is 0 Å². The van der Waals surface area contributed by atoms with Crippen LogP contribution in [0.15, 0.2) is 30.3 Å². The largest absolute Gasteiger partial charge is 0.493 e. The molecule has 1 N–H and O–H groups in total. The molecule has 0 bridgehead atoms. The second-order valence-electron chi connectivity index (χ2n) is 5.58. The minimum absolute atomic E-state index is 0.0295. The highest BCUT2D eigenvalue weighted by Crippen LogP contribution is 2.36. The minimum Gasteiger partial charge on any atom is -0.493 e. The average molecular weight is 414 g/mol. The molecule has 0 aliphatic rings. The van der Waals surface area contributed by atoms with Gasteiger partial charge in [0.2, 0.25) is 0 Å². The highest BCUT2D eigenvalue weighted by Gasteiger charge is 2.22. The monoisotopic (exact) mass is 413 g/mol. The lowest BCUT2D eigenvalue weighted by molar-refractivity contribution is -0.123. The highest BCUT2D eigenvalue weighted by atomic mass is 35.5. The minimum atomic E-state index is -1.29. The Labute approximate surface area is 165 Å². The van der Waals surface area contributed by atoms with E-state index in [2.05, 4.69) is 5.32 Å². The summed E-state index contributed by atoms with van der Waals surface area (Å²) in [4.78, 5) is 24.5. The molecular weight excluding hydrogens is 396 g/mol. The molecule has 2 aromatic carbocycles. The van der Waals surface area contributed by atoms with Gasteiger partial charge in [-0.25, -0.2) is 13.6 Å². The molecule has 1 amide bonds. The Morgan fingerprint density at radius 2 is 1.93 bits per heavy atom. The third kappa shape index (κ3) is 5.10. The fourth-order valence-corrected chi connectivity index (χ4v) is 2.50. The number of carbonyl (C=O) groups excluding carboxylic acids is 2. The Balaban J connectivity index is 2.12. The lowest BCUT2D eigenvalue weighted by atomic mass is 10.2. The summed E-state index contributed by atoms with van der Waals surface area (Å²) in [5.41, 5.74) is -0.333. The summed E-state index contributed by atoms with van der Waals surface area (Å²) < 4.78 is 42.4. The van der Waals surface area contributed by atoms with Gasteiger partial charge in [0, 0.05) is 6.07 Å². The molecule has 2 aromatic rings. The van der Waals surface area contributed by atoms with Crippen LogP contribution < -0.4 is 14.8 Å². The van der Waals surface area contributed by atoms with E-state index in [1.54, 1.807) is 6.92 Å². The van der Waals surface area contributed by atoms with Crippen LogP contribution in [0.1, 0.15) is 24.2 Å². The number of benzene rings is 2. The van der Waals surface area contributed by atoms with Crippen molar-refractivity contribution in [2.75, 3.05) is 19.0 Å². The third-order valence-electron chi connectivity index (χ3n) is 3.59. The quantitative estimate of drug-likeness (QED) is 0.688. The molecule has 0 aliphatic carbocycles. The van der Waals surface area contributed by atoms with Gasteiger partial charge < -0.3 is 19.5 Å². The van der Waals surface area contributed by atoms with Crippen molar-refractivity contribution in [1.82, 2.24) is 0 Å². The number of ether oxygens (including phenoxy) is 3. The van der Waals surface area contributed by atoms with Gasteiger partial charge in [-0.05, 0) is 38.1 Å². The van der Waals surface area contributed by atoms with E-state index < -0.39 is 29.6 Å². The van der Waals surface area contributed by atoms with Crippen LogP contribution in [0, 0.1) is 11.6 Å². The maximum atomic E-state index is 13.6. The van der Waals surface area contributed by atoms with Crippen LogP contribution in [0.4, 0.5) is 14.5 Å². The van der Waals surface area contributed by atoms with Gasteiger partial charge in [0.1, 0.15) is 11.6 Å². The fraction of sp³-hybridized carbons (Fsp3) is 0.263. The van der Waals surface area contributed by atoms with Crippen LogP contribution in [-0.2, 0) is 9.53 Å². The van der Waals surface area contributed by atoms with Gasteiger partial charge in [-0.3, -0.25) is 4.79 Å². The van der Waals surface area contributed by atoms with Crippen molar-refractivity contribution >= 4 is 29.2 Å². The van der Waals surface area contributed by atoms with Crippen molar-refractivity contribution in [3.05, 3.63) is 52.6 Å². The van der Waals surface area contributed by atoms with Gasteiger partial charge in [-0.1, -0.05) is 11.6 Å². The molecule has 0 radical (unpaired) electrons. The van der Waals surface area contributed by atoms with E-state index in [1.165, 1.54) is 26.2 Å². The molecular formula is C19H18ClF2NO5. The summed E-state index contributed by atoms with van der Waals surface area (Å²) in [5, 5.41) is 2.30. The number of carbonyl (C=O) groups is 2. The van der Waals surface area contributed by atoms with E-state index in [9.17, 15) is 18.4 Å². The second kappa shape index (κ2) is 9.36. The van der Waals surface area contributed by atoms with Gasteiger partial charge in [0.25, 0.3) is 5.91 Å². The van der Waals surface area contributed by atoms with Crippen LogP contribution in [0.25, 0.3) is 0 Å². The van der Waals surface area contributed by atoms with Crippen molar-refractivity contribution in [2.24, 2.45) is 0 Å². The zero-order valence-corrected chi connectivity index (χ0v) is 16.1. The fourth-order valence-electron chi connectivity index (χ4n) is 2.23. The zero-order chi connectivity index (χ0) is 20.8. The number of hydrogen-bond donors (Lipinski definition) is 1. The van der Waals surface area contributed by atoms with Gasteiger partial charge in [0.05, 0.1) is 30.0 Å². The summed E-state index contributed by atoms with van der Waals surface area (Å²) in [7, 11) is 1.38. The number of hydrogen-bond acceptors (Lipinski definition) is 5. The predicted octanol–water partition coefficient (Wildman–Crippen LogP) is 4.21. The molecule has 0 heterocycles. The molecule has 0 aliphatic heterocycles. The van der Waals surface area contributed by atoms with E-state index in [0.29, 0.717) is 6.61 Å². The molecule has 0 saturated heterocycles. The smallest absolute Gasteiger partial charge is 0.339 e. The Kier molecular flexibility index (Phi) is 7.17. The first-order valence-corrected chi connectivity index (χ1v) is 8.61. The van der Waals surface area contributed by atoms with Crippen molar-refractivity contribution < 1.29 is 32.6 Å². The molecule has 9 heteroatoms. The first kappa shape index (κ1) is 21.4. The normalized spacial score (nSPS) is 11.5. The topological polar surface area (TPSA) is 73.9 Å². The number of anilines is 1. The van der Waals surface area contributed by atoms with E-state index in [-0.39, 0.29) is 27.8 Å². The number of rotatable bonds is 7. The van der Waals surface area contributed by atoms with Crippen LogP contribution >= 0.6 is 11.6 Å². The highest BCUT2D eigenvalue weighted by molar-refractivity contribution is 6.32. The number of esters is 1. The average Bonchev–Trinajstić information content (AvgIpc) is 2.65. The Morgan fingerprint density at radius 3 is 2.57 bits per heavy atom. The van der Waals surface area contributed by atoms with E-state index in [0.717, 1.165) is 18.2 Å². The van der Waals surface area contributed by atoms with Crippen molar-refractivity contribution in [3.8, 4) is 11.5 Å². The molecule has 0 spiro atoms. The predicted molar refractivity (Wildman–Crippen MR) is 99.0 cm³/mol. The first-order valence-electron chi connectivity index (χ1n) is 8.24. The summed E-state index contributed by atoms with van der Waals surface area (Å²) in [6.07, 6.45) is -1.29. The van der Waals surface area contributed by atoms with Crippen molar-refractivity contribution in [2.45, 2.75) is 20.0 Å². The lowest BCUT2D eigenvalue weighted by Gasteiger charge is -2.16. The van der Waals surface area contributed by atoms with Crippen molar-refractivity contribution in [3.63, 3.8) is 0 Å². The summed E-state index contributed by atoms with van der Waals surface area (Å²) in [6, 6.07) is 5.27. The van der Waals surface area contributed by atoms with Gasteiger partial charge in [0.15, 0.2) is 17.6 Å². The standard InChI is InChI=1S/C19H18ClF2NO5/c1-4-27-17-13(20)7-11(8-16(17)26-3)19(25)28-10(2)18(24)23-15-9-12(21)5-6-14(15)22/h5-10H,4H2,1-3H3,(H,23,24)/t10-/m0/s1. The SMILES string of the molecule is CCOc1c(Cl)cc(C(=O)O[C@@H](C)C(=O)Nc2cc(F)ccc2F)cc1OC. The summed E-state index contributed by atoms with van der Waals surface area (Å²) in [6.45, 7) is 3.39. The first-order chi connectivity index (χ1) is 13.3. The zero-order valence-electron chi connectivity index (χ0n) is 15.3.